The minimum Gasteiger partial charge on any atom is -0.392 e. The van der Waals surface area contributed by atoms with Crippen molar-refractivity contribution in [1.82, 2.24) is 19.7 Å². The van der Waals surface area contributed by atoms with Gasteiger partial charge in [-0.2, -0.15) is 14.8 Å². The van der Waals surface area contributed by atoms with Gasteiger partial charge in [-0.1, -0.05) is 42.5 Å². The Morgan fingerprint density at radius 1 is 1.07 bits per heavy atom. The molecule has 5 rings (SSSR count). The largest absolute Gasteiger partial charge is 0.392 e. The number of hydrogen-bond donors (Lipinski definition) is 2. The van der Waals surface area contributed by atoms with Crippen LogP contribution in [0.4, 0.5) is 5.82 Å². The number of rotatable bonds is 5. The molecule has 2 N–H and O–H groups in total. The third-order valence-corrected chi connectivity index (χ3v) is 5.18. The molecule has 146 valence electrons. The molecule has 1 aliphatic rings. The minimum atomic E-state index is -0.0324. The van der Waals surface area contributed by atoms with Crippen LogP contribution >= 0.6 is 0 Å². The van der Waals surface area contributed by atoms with Crippen LogP contribution in [0.25, 0.3) is 16.9 Å². The first-order valence-electron chi connectivity index (χ1n) is 9.65. The van der Waals surface area contributed by atoms with Gasteiger partial charge in [-0.05, 0) is 17.2 Å². The summed E-state index contributed by atoms with van der Waals surface area (Å²) in [7, 11) is 0. The molecule has 0 aliphatic carbocycles. The van der Waals surface area contributed by atoms with Gasteiger partial charge in [-0.25, -0.2) is 4.98 Å². The summed E-state index contributed by atoms with van der Waals surface area (Å²) in [5.41, 5.74) is 4.87. The molecule has 0 saturated carbocycles. The fourth-order valence-electron chi connectivity index (χ4n) is 3.65. The molecule has 0 bridgehead atoms. The second-order valence-electron chi connectivity index (χ2n) is 7.00. The summed E-state index contributed by atoms with van der Waals surface area (Å²) < 4.78 is 7.38. The number of anilines is 1. The standard InChI is InChI=1S/C22H21N5O2/c28-13-16-7-4-8-20-17(16)12-24-27(20)22-25-19-9-10-29-14-18(19)21(26-22)23-11-15-5-2-1-3-6-15/h1-8,12,28H,9-11,13-14H2,(H,23,25,26). The lowest BCUT2D eigenvalue weighted by atomic mass is 10.1. The van der Waals surface area contributed by atoms with Gasteiger partial charge in [0.1, 0.15) is 5.82 Å². The van der Waals surface area contributed by atoms with Gasteiger partial charge in [0.15, 0.2) is 0 Å². The van der Waals surface area contributed by atoms with Gasteiger partial charge in [0.25, 0.3) is 5.95 Å². The van der Waals surface area contributed by atoms with Gasteiger partial charge in [0, 0.05) is 23.9 Å². The highest BCUT2D eigenvalue weighted by molar-refractivity contribution is 5.83. The van der Waals surface area contributed by atoms with E-state index in [9.17, 15) is 5.11 Å². The molecule has 0 saturated heterocycles. The highest BCUT2D eigenvalue weighted by atomic mass is 16.5. The predicted molar refractivity (Wildman–Crippen MR) is 110 cm³/mol. The van der Waals surface area contributed by atoms with Crippen LogP contribution in [0.15, 0.2) is 54.7 Å². The van der Waals surface area contributed by atoms with Crippen molar-refractivity contribution in [1.29, 1.82) is 0 Å². The molecule has 4 aromatic rings. The van der Waals surface area contributed by atoms with Crippen LogP contribution in [0.3, 0.4) is 0 Å². The van der Waals surface area contributed by atoms with Crippen LogP contribution < -0.4 is 5.32 Å². The van der Waals surface area contributed by atoms with Crippen molar-refractivity contribution >= 4 is 16.7 Å². The molecule has 2 aromatic heterocycles. The van der Waals surface area contributed by atoms with E-state index in [-0.39, 0.29) is 6.61 Å². The van der Waals surface area contributed by atoms with E-state index in [0.717, 1.165) is 40.0 Å². The van der Waals surface area contributed by atoms with Crippen LogP contribution in [-0.2, 0) is 30.9 Å². The molecule has 0 radical (unpaired) electrons. The van der Waals surface area contributed by atoms with E-state index in [4.69, 9.17) is 14.7 Å². The molecule has 7 heteroatoms. The van der Waals surface area contributed by atoms with E-state index in [1.54, 1.807) is 10.9 Å². The SMILES string of the molecule is OCc1cccc2c1cnn2-c1nc2c(c(NCc3ccccc3)n1)COCC2. The van der Waals surface area contributed by atoms with Gasteiger partial charge < -0.3 is 15.2 Å². The van der Waals surface area contributed by atoms with E-state index >= 15 is 0 Å². The Hall–Kier alpha value is -3.29. The smallest absolute Gasteiger partial charge is 0.253 e. The van der Waals surface area contributed by atoms with E-state index in [1.165, 1.54) is 5.56 Å². The first kappa shape index (κ1) is 17.8. The van der Waals surface area contributed by atoms with E-state index in [1.807, 2.05) is 36.4 Å². The van der Waals surface area contributed by atoms with E-state index < -0.39 is 0 Å². The molecule has 7 nitrogen and oxygen atoms in total. The number of benzene rings is 2. The van der Waals surface area contributed by atoms with Crippen LogP contribution in [0.2, 0.25) is 0 Å². The van der Waals surface area contributed by atoms with Gasteiger partial charge >= 0.3 is 0 Å². The van der Waals surface area contributed by atoms with Crippen molar-refractivity contribution in [2.24, 2.45) is 0 Å². The van der Waals surface area contributed by atoms with Gasteiger partial charge in [0.2, 0.25) is 0 Å². The van der Waals surface area contributed by atoms with Gasteiger partial charge in [-0.3, -0.25) is 0 Å². The monoisotopic (exact) mass is 387 g/mol. The molecule has 0 atom stereocenters. The van der Waals surface area contributed by atoms with E-state index in [0.29, 0.717) is 25.7 Å². The van der Waals surface area contributed by atoms with Crippen LogP contribution in [-0.4, -0.2) is 31.5 Å². The number of aromatic nitrogens is 4. The minimum absolute atomic E-state index is 0.0324. The van der Waals surface area contributed by atoms with Crippen LogP contribution in [0.1, 0.15) is 22.4 Å². The molecule has 0 amide bonds. The van der Waals surface area contributed by atoms with Crippen molar-refractivity contribution in [2.75, 3.05) is 11.9 Å². The van der Waals surface area contributed by atoms with Crippen molar-refractivity contribution in [3.05, 3.63) is 77.1 Å². The molecule has 0 fully saturated rings. The molecular weight excluding hydrogens is 366 g/mol. The highest BCUT2D eigenvalue weighted by Gasteiger charge is 2.20. The maximum absolute atomic E-state index is 9.60. The number of ether oxygens (including phenoxy) is 1. The number of aliphatic hydroxyl groups excluding tert-OH is 1. The van der Waals surface area contributed by atoms with Crippen LogP contribution in [0, 0.1) is 0 Å². The second-order valence-corrected chi connectivity index (χ2v) is 7.00. The number of aliphatic hydroxyl groups is 1. The predicted octanol–water partition coefficient (Wildman–Crippen LogP) is 2.99. The van der Waals surface area contributed by atoms with Crippen molar-refractivity contribution in [2.45, 2.75) is 26.2 Å². The average Bonchev–Trinajstić information content (AvgIpc) is 3.22. The number of nitrogens with zero attached hydrogens (tertiary/aromatic N) is 4. The number of hydrogen-bond acceptors (Lipinski definition) is 6. The quantitative estimate of drug-likeness (QED) is 0.548. The zero-order valence-corrected chi connectivity index (χ0v) is 15.9. The Labute approximate surface area is 168 Å². The third kappa shape index (κ3) is 3.35. The summed E-state index contributed by atoms with van der Waals surface area (Å²) in [5.74, 6) is 1.29. The molecule has 1 aliphatic heterocycles. The Morgan fingerprint density at radius 2 is 1.97 bits per heavy atom. The summed E-state index contributed by atoms with van der Waals surface area (Å²) >= 11 is 0. The second kappa shape index (κ2) is 7.62. The Balaban J connectivity index is 1.57. The summed E-state index contributed by atoms with van der Waals surface area (Å²) in [6.45, 7) is 1.78. The molecule has 3 heterocycles. The topological polar surface area (TPSA) is 85.1 Å². The fraction of sp³-hybridized carbons (Fsp3) is 0.227. The Kier molecular flexibility index (Phi) is 4.67. The zero-order chi connectivity index (χ0) is 19.6. The Morgan fingerprint density at radius 3 is 2.83 bits per heavy atom. The summed E-state index contributed by atoms with van der Waals surface area (Å²) in [6, 6.07) is 16.0. The first-order valence-corrected chi connectivity index (χ1v) is 9.65. The van der Waals surface area contributed by atoms with Gasteiger partial charge in [-0.15, -0.1) is 0 Å². The Bertz CT molecular complexity index is 1160. The zero-order valence-electron chi connectivity index (χ0n) is 15.9. The maximum atomic E-state index is 9.60. The lowest BCUT2D eigenvalue weighted by Crippen LogP contribution is -2.19. The summed E-state index contributed by atoms with van der Waals surface area (Å²) in [5, 5.41) is 18.5. The number of nitrogens with one attached hydrogen (secondary N) is 1. The molecule has 2 aromatic carbocycles. The lowest BCUT2D eigenvalue weighted by Gasteiger charge is -2.20. The lowest BCUT2D eigenvalue weighted by molar-refractivity contribution is 0.109. The average molecular weight is 387 g/mol. The molecule has 29 heavy (non-hydrogen) atoms. The molecule has 0 unspecified atom stereocenters. The highest BCUT2D eigenvalue weighted by Crippen LogP contribution is 2.26. The van der Waals surface area contributed by atoms with E-state index in [2.05, 4.69) is 22.5 Å². The number of fused-ring (bicyclic) bond motifs is 2. The van der Waals surface area contributed by atoms with Gasteiger partial charge in [0.05, 0.1) is 37.2 Å². The normalized spacial score (nSPS) is 13.4. The van der Waals surface area contributed by atoms with Crippen LogP contribution in [0.5, 0.6) is 0 Å². The maximum Gasteiger partial charge on any atom is 0.253 e. The third-order valence-electron chi connectivity index (χ3n) is 5.18. The van der Waals surface area contributed by atoms with Crippen molar-refractivity contribution in [3.8, 4) is 5.95 Å². The van der Waals surface area contributed by atoms with Crippen molar-refractivity contribution < 1.29 is 9.84 Å². The van der Waals surface area contributed by atoms with Crippen molar-refractivity contribution in [3.63, 3.8) is 0 Å². The molecular formula is C22H21N5O2. The summed E-state index contributed by atoms with van der Waals surface area (Å²) in [6.07, 6.45) is 2.50. The summed E-state index contributed by atoms with van der Waals surface area (Å²) in [4.78, 5) is 9.57. The molecule has 0 spiro atoms. The first-order chi connectivity index (χ1) is 14.3. The fourth-order valence-corrected chi connectivity index (χ4v) is 3.65.